The molecule has 248 valence electrons. The van der Waals surface area contributed by atoms with Gasteiger partial charge in [-0.25, -0.2) is 9.07 Å². The van der Waals surface area contributed by atoms with Gasteiger partial charge in [-0.3, -0.25) is 9.59 Å². The number of benzene rings is 3. The van der Waals surface area contributed by atoms with Crippen LogP contribution in [-0.2, 0) is 18.1 Å². The molecular formula is C36H41ClFN3O5Si. The number of likely N-dealkylation sites (tertiary alicyclic amines) is 1. The number of hydrogen-bond donors (Lipinski definition) is 1. The maximum absolute atomic E-state index is 14.4. The predicted octanol–water partition coefficient (Wildman–Crippen LogP) is 6.72. The Bertz CT molecular complexity index is 1710. The summed E-state index contributed by atoms with van der Waals surface area (Å²) < 4.78 is 27.7. The summed E-state index contributed by atoms with van der Waals surface area (Å²) >= 11 is 6.15. The Labute approximate surface area is 280 Å². The van der Waals surface area contributed by atoms with E-state index in [4.69, 9.17) is 21.1 Å². The van der Waals surface area contributed by atoms with Crippen molar-refractivity contribution in [3.63, 3.8) is 0 Å². The lowest BCUT2D eigenvalue weighted by molar-refractivity contribution is 0.0421. The van der Waals surface area contributed by atoms with Crippen molar-refractivity contribution >= 4 is 25.6 Å². The van der Waals surface area contributed by atoms with Gasteiger partial charge in [0.1, 0.15) is 19.2 Å². The number of carbonyl (C=O) groups excluding carboxylic acids is 1. The van der Waals surface area contributed by atoms with Crippen LogP contribution in [0.1, 0.15) is 45.9 Å². The van der Waals surface area contributed by atoms with Gasteiger partial charge in [0.2, 0.25) is 0 Å². The molecule has 47 heavy (non-hydrogen) atoms. The van der Waals surface area contributed by atoms with Crippen LogP contribution in [0.25, 0.3) is 0 Å². The predicted molar refractivity (Wildman–Crippen MR) is 183 cm³/mol. The molecule has 0 bridgehead atoms. The number of aliphatic hydroxyl groups excluding tert-OH is 1. The number of aromatic nitrogens is 2. The van der Waals surface area contributed by atoms with Gasteiger partial charge in [0.25, 0.3) is 11.3 Å². The summed E-state index contributed by atoms with van der Waals surface area (Å²) in [6.07, 6.45) is 1.45. The highest BCUT2D eigenvalue weighted by Gasteiger charge is 2.40. The maximum atomic E-state index is 14.4. The third-order valence-corrected chi connectivity index (χ3v) is 10.3. The Morgan fingerprint density at radius 2 is 1.81 bits per heavy atom. The van der Waals surface area contributed by atoms with E-state index < -0.39 is 43.3 Å². The molecule has 2 unspecified atom stereocenters. The van der Waals surface area contributed by atoms with Crippen LogP contribution in [-0.4, -0.2) is 59.1 Å². The number of rotatable bonds is 13. The molecular weight excluding hydrogens is 637 g/mol. The molecule has 0 radical (unpaired) electrons. The van der Waals surface area contributed by atoms with E-state index in [1.165, 1.54) is 27.9 Å². The summed E-state index contributed by atoms with van der Waals surface area (Å²) in [7, 11) is -1.34. The monoisotopic (exact) mass is 677 g/mol. The smallest absolute Gasteiger partial charge is 0.278 e. The number of ether oxygens (including phenoxy) is 2. The van der Waals surface area contributed by atoms with Crippen LogP contribution < -0.4 is 10.2 Å². The standard InChI is InChI=1S/C36H41ClFN3O5Si/c1-47(2,3)20-19-45-24-40-22-31(46-23-25-9-5-4-6-10-25)35(43)33(39-40)36(44)41-18-8-13-30(41)34(42)32(26-14-16-28(37)17-15-26)27-11-7-12-29(38)21-27/h4-7,9-12,14-17,21-22,30,32,34,42H,8,13,18-20,23-24H2,1-3H3/t30-,32?,34?/m1/s1. The third-order valence-electron chi connectivity index (χ3n) is 8.33. The van der Waals surface area contributed by atoms with Gasteiger partial charge in [0.15, 0.2) is 11.4 Å². The van der Waals surface area contributed by atoms with Gasteiger partial charge in [0.05, 0.1) is 18.3 Å². The Morgan fingerprint density at radius 3 is 2.51 bits per heavy atom. The first-order chi connectivity index (χ1) is 22.5. The number of amides is 1. The second-order valence-electron chi connectivity index (χ2n) is 13.1. The molecule has 3 aromatic carbocycles. The lowest BCUT2D eigenvalue weighted by Crippen LogP contribution is -2.47. The molecule has 1 fully saturated rings. The zero-order valence-electron chi connectivity index (χ0n) is 26.9. The first-order valence-corrected chi connectivity index (χ1v) is 19.9. The maximum Gasteiger partial charge on any atom is 0.278 e. The van der Waals surface area contributed by atoms with Gasteiger partial charge in [-0.2, -0.15) is 5.10 Å². The number of halogens is 2. The third kappa shape index (κ3) is 8.95. The molecule has 1 aliphatic heterocycles. The number of carbonyl (C=O) groups is 1. The molecule has 8 nitrogen and oxygen atoms in total. The quantitative estimate of drug-likeness (QED) is 0.125. The van der Waals surface area contributed by atoms with Crippen LogP contribution in [0.15, 0.2) is 89.9 Å². The van der Waals surface area contributed by atoms with Crippen molar-refractivity contribution in [3.05, 3.63) is 129 Å². The summed E-state index contributed by atoms with van der Waals surface area (Å²) in [5.74, 6) is -1.72. The van der Waals surface area contributed by atoms with E-state index in [0.29, 0.717) is 36.6 Å². The molecule has 0 aliphatic carbocycles. The van der Waals surface area contributed by atoms with Crippen molar-refractivity contribution in [1.29, 1.82) is 0 Å². The highest BCUT2D eigenvalue weighted by Crippen LogP contribution is 2.35. The van der Waals surface area contributed by atoms with E-state index in [-0.39, 0.29) is 24.8 Å². The average Bonchev–Trinajstić information content (AvgIpc) is 3.54. The lowest BCUT2D eigenvalue weighted by Gasteiger charge is -2.34. The van der Waals surface area contributed by atoms with Crippen molar-refractivity contribution in [2.75, 3.05) is 13.2 Å². The highest BCUT2D eigenvalue weighted by atomic mass is 35.5. The van der Waals surface area contributed by atoms with Gasteiger partial charge >= 0.3 is 0 Å². The minimum absolute atomic E-state index is 0.0175. The molecule has 0 spiro atoms. The summed E-state index contributed by atoms with van der Waals surface area (Å²) in [6, 6.07) is 22.8. The molecule has 3 atom stereocenters. The van der Waals surface area contributed by atoms with Crippen molar-refractivity contribution in [2.24, 2.45) is 0 Å². The van der Waals surface area contributed by atoms with Crippen LogP contribution in [0.3, 0.4) is 0 Å². The molecule has 2 heterocycles. The molecule has 0 saturated carbocycles. The second kappa shape index (κ2) is 15.4. The normalized spacial score (nSPS) is 16.2. The SMILES string of the molecule is C[Si](C)(C)CCOCn1cc(OCc2ccccc2)c(=O)c(C(=O)N2CCC[C@@H]2C(O)C(c2ccc(Cl)cc2)c2cccc(F)c2)n1. The van der Waals surface area contributed by atoms with E-state index in [9.17, 15) is 19.1 Å². The lowest BCUT2D eigenvalue weighted by atomic mass is 9.82. The fraction of sp³-hybridized carbons (Fsp3) is 0.361. The molecule has 1 aliphatic rings. The van der Waals surface area contributed by atoms with Gasteiger partial charge < -0.3 is 19.5 Å². The summed E-state index contributed by atoms with van der Waals surface area (Å²) in [6.45, 7) is 7.79. The Morgan fingerprint density at radius 1 is 1.06 bits per heavy atom. The van der Waals surface area contributed by atoms with Crippen molar-refractivity contribution in [1.82, 2.24) is 14.7 Å². The number of aliphatic hydroxyl groups is 1. The highest BCUT2D eigenvalue weighted by molar-refractivity contribution is 6.76. The van der Waals surface area contributed by atoms with Gasteiger partial charge in [-0.15, -0.1) is 0 Å². The second-order valence-corrected chi connectivity index (χ2v) is 19.2. The summed E-state index contributed by atoms with van der Waals surface area (Å²) in [4.78, 5) is 29.4. The van der Waals surface area contributed by atoms with Crippen molar-refractivity contribution in [2.45, 2.75) is 69.9 Å². The first kappa shape index (κ1) is 34.5. The van der Waals surface area contributed by atoms with Gasteiger partial charge in [-0.05, 0) is 59.8 Å². The fourth-order valence-electron chi connectivity index (χ4n) is 5.81. The van der Waals surface area contributed by atoms with Crippen LogP contribution >= 0.6 is 11.6 Å². The van der Waals surface area contributed by atoms with E-state index >= 15 is 0 Å². The summed E-state index contributed by atoms with van der Waals surface area (Å²) in [5.41, 5.74) is 1.20. The minimum Gasteiger partial charge on any atom is -0.483 e. The Balaban J connectivity index is 1.45. The Hall–Kier alpha value is -3.83. The molecule has 1 aromatic heterocycles. The van der Waals surface area contributed by atoms with E-state index in [1.54, 1.807) is 36.4 Å². The zero-order valence-corrected chi connectivity index (χ0v) is 28.7. The largest absolute Gasteiger partial charge is 0.483 e. The van der Waals surface area contributed by atoms with E-state index in [2.05, 4.69) is 24.7 Å². The number of nitrogens with zero attached hydrogens (tertiary/aromatic N) is 3. The minimum atomic E-state index is -1.34. The van der Waals surface area contributed by atoms with Gasteiger partial charge in [-0.1, -0.05) is 85.8 Å². The fourth-order valence-corrected chi connectivity index (χ4v) is 6.69. The van der Waals surface area contributed by atoms with Crippen LogP contribution in [0, 0.1) is 5.82 Å². The van der Waals surface area contributed by atoms with E-state index in [1.807, 2.05) is 30.3 Å². The summed E-state index contributed by atoms with van der Waals surface area (Å²) in [5, 5.41) is 16.9. The molecule has 1 saturated heterocycles. The van der Waals surface area contributed by atoms with Gasteiger partial charge in [0, 0.05) is 32.2 Å². The van der Waals surface area contributed by atoms with E-state index in [0.717, 1.165) is 17.2 Å². The van der Waals surface area contributed by atoms with Crippen LogP contribution in [0.5, 0.6) is 5.75 Å². The van der Waals surface area contributed by atoms with Crippen LogP contribution in [0.2, 0.25) is 30.7 Å². The molecule has 1 amide bonds. The van der Waals surface area contributed by atoms with Crippen molar-refractivity contribution < 1.29 is 23.8 Å². The van der Waals surface area contributed by atoms with Crippen molar-refractivity contribution in [3.8, 4) is 5.75 Å². The Kier molecular flexibility index (Phi) is 11.3. The average molecular weight is 678 g/mol. The zero-order chi connectivity index (χ0) is 33.6. The molecule has 1 N–H and O–H groups in total. The molecule has 4 aromatic rings. The first-order valence-electron chi connectivity index (χ1n) is 15.9. The molecule has 11 heteroatoms. The van der Waals surface area contributed by atoms with Crippen LogP contribution in [0.4, 0.5) is 4.39 Å². The molecule has 5 rings (SSSR count). The number of hydrogen-bond acceptors (Lipinski definition) is 6. The topological polar surface area (TPSA) is 93.9 Å².